The van der Waals surface area contributed by atoms with Crippen LogP contribution in [0.25, 0.3) is 11.4 Å². The topological polar surface area (TPSA) is 72.7 Å². The van der Waals surface area contributed by atoms with Gasteiger partial charge in [-0.3, -0.25) is 14.7 Å². The molecule has 2 aliphatic rings. The molecule has 0 N–H and O–H groups in total. The van der Waals surface area contributed by atoms with Crippen molar-refractivity contribution in [1.29, 1.82) is 0 Å². The van der Waals surface area contributed by atoms with Crippen molar-refractivity contribution in [1.82, 2.24) is 19.8 Å². The third-order valence-corrected chi connectivity index (χ3v) is 6.18. The van der Waals surface area contributed by atoms with Gasteiger partial charge in [-0.15, -0.1) is 9.89 Å². The molecule has 3 aromatic rings. The monoisotopic (exact) mass is 447 g/mol. The van der Waals surface area contributed by atoms with Crippen molar-refractivity contribution >= 4 is 0 Å². The minimum absolute atomic E-state index is 0.168. The molecule has 2 fully saturated rings. The lowest BCUT2D eigenvalue weighted by atomic mass is 9.94. The summed E-state index contributed by atoms with van der Waals surface area (Å²) in [6.07, 6.45) is 0. The predicted octanol–water partition coefficient (Wildman–Crippen LogP) is 1.74. The molecule has 0 spiro atoms. The number of benzene rings is 2. The summed E-state index contributed by atoms with van der Waals surface area (Å²) in [6, 6.07) is 20.0. The molecule has 1 atom stereocenters. The van der Waals surface area contributed by atoms with E-state index in [4.69, 9.17) is 14.5 Å². The minimum Gasteiger partial charge on any atom is -0.379 e. The zero-order valence-corrected chi connectivity index (χ0v) is 18.7. The van der Waals surface area contributed by atoms with Crippen molar-refractivity contribution in [3.63, 3.8) is 0 Å². The van der Waals surface area contributed by atoms with Crippen LogP contribution in [0.1, 0.15) is 17.2 Å². The van der Waals surface area contributed by atoms with E-state index in [-0.39, 0.29) is 11.5 Å². The highest BCUT2D eigenvalue weighted by Gasteiger charge is 2.27. The quantitative estimate of drug-likeness (QED) is 0.570. The van der Waals surface area contributed by atoms with E-state index in [1.165, 1.54) is 4.79 Å². The molecular formula is C25H29N5O3. The molecular weight excluding hydrogens is 418 g/mol. The van der Waals surface area contributed by atoms with Crippen molar-refractivity contribution in [2.24, 2.45) is 0 Å². The Kier molecular flexibility index (Phi) is 6.76. The number of nitrogens with zero attached hydrogens (tertiary/aromatic N) is 5. The molecule has 2 aromatic carbocycles. The van der Waals surface area contributed by atoms with Crippen LogP contribution in [0, 0.1) is 0 Å². The standard InChI is InChI=1S/C25H29N5O3/c31-25-23(22(20-7-3-1-4-8-20)19-28-11-15-32-16-12-28)26-24(21-9-5-2-6-10-21)27-30(25)29-13-17-33-18-14-29/h1-10,22H,11-19H2. The Bertz CT molecular complexity index is 1090. The molecule has 8 heteroatoms. The highest BCUT2D eigenvalue weighted by atomic mass is 16.5. The normalized spacial score (nSPS) is 18.2. The molecule has 1 unspecified atom stereocenters. The Morgan fingerprint density at radius 2 is 1.42 bits per heavy atom. The summed E-state index contributed by atoms with van der Waals surface area (Å²) in [5, 5.41) is 6.64. The van der Waals surface area contributed by atoms with Crippen molar-refractivity contribution in [2.75, 3.05) is 64.2 Å². The van der Waals surface area contributed by atoms with Crippen LogP contribution in [0.15, 0.2) is 65.5 Å². The second-order valence-electron chi connectivity index (χ2n) is 8.32. The van der Waals surface area contributed by atoms with E-state index in [2.05, 4.69) is 22.1 Å². The van der Waals surface area contributed by atoms with E-state index in [0.717, 1.165) is 24.2 Å². The summed E-state index contributed by atoms with van der Waals surface area (Å²) in [5.74, 6) is 0.383. The molecule has 3 heterocycles. The Balaban J connectivity index is 1.63. The molecule has 0 amide bonds. The number of morpholine rings is 2. The number of ether oxygens (including phenoxy) is 2. The average molecular weight is 448 g/mol. The van der Waals surface area contributed by atoms with Crippen LogP contribution >= 0.6 is 0 Å². The Hall–Kier alpha value is -3.07. The molecule has 0 saturated carbocycles. The number of hydrogen-bond acceptors (Lipinski definition) is 7. The largest absolute Gasteiger partial charge is 0.379 e. The molecule has 33 heavy (non-hydrogen) atoms. The Morgan fingerprint density at radius 3 is 2.09 bits per heavy atom. The fourth-order valence-electron chi connectivity index (χ4n) is 4.37. The molecule has 0 bridgehead atoms. The lowest BCUT2D eigenvalue weighted by molar-refractivity contribution is 0.0363. The maximum absolute atomic E-state index is 13.8. The number of aromatic nitrogens is 3. The van der Waals surface area contributed by atoms with Crippen LogP contribution in [0.2, 0.25) is 0 Å². The zero-order valence-electron chi connectivity index (χ0n) is 18.7. The lowest BCUT2D eigenvalue weighted by Crippen LogP contribution is -2.51. The molecule has 8 nitrogen and oxygen atoms in total. The van der Waals surface area contributed by atoms with Gasteiger partial charge in [-0.2, -0.15) is 0 Å². The SMILES string of the molecule is O=c1c(C(CN2CCOCC2)c2ccccc2)nc(-c2ccccc2)nn1N1CCOCC1. The Labute approximate surface area is 193 Å². The van der Waals surface area contributed by atoms with Gasteiger partial charge in [0.2, 0.25) is 0 Å². The first-order valence-electron chi connectivity index (χ1n) is 11.5. The lowest BCUT2D eigenvalue weighted by Gasteiger charge is -2.32. The van der Waals surface area contributed by atoms with Crippen LogP contribution in [-0.2, 0) is 9.47 Å². The Morgan fingerprint density at radius 1 is 0.818 bits per heavy atom. The van der Waals surface area contributed by atoms with Gasteiger partial charge in [0.15, 0.2) is 5.82 Å². The van der Waals surface area contributed by atoms with Gasteiger partial charge in [-0.05, 0) is 5.56 Å². The summed E-state index contributed by atoms with van der Waals surface area (Å²) >= 11 is 0. The van der Waals surface area contributed by atoms with Gasteiger partial charge in [-0.1, -0.05) is 60.7 Å². The first-order valence-corrected chi connectivity index (χ1v) is 11.5. The minimum atomic E-state index is -0.172. The molecule has 0 radical (unpaired) electrons. The van der Waals surface area contributed by atoms with Gasteiger partial charge in [0.05, 0.1) is 39.5 Å². The summed E-state index contributed by atoms with van der Waals surface area (Å²) in [6.45, 7) is 6.18. The molecule has 172 valence electrons. The van der Waals surface area contributed by atoms with Crippen molar-refractivity contribution < 1.29 is 9.47 Å². The van der Waals surface area contributed by atoms with Gasteiger partial charge in [0.1, 0.15) is 5.69 Å². The maximum Gasteiger partial charge on any atom is 0.308 e. The fraction of sp³-hybridized carbons (Fsp3) is 0.400. The molecule has 2 saturated heterocycles. The molecule has 2 aliphatic heterocycles. The van der Waals surface area contributed by atoms with Crippen molar-refractivity contribution in [2.45, 2.75) is 5.92 Å². The maximum atomic E-state index is 13.8. The first kappa shape index (κ1) is 21.8. The van der Waals surface area contributed by atoms with E-state index in [1.54, 1.807) is 0 Å². The number of rotatable bonds is 6. The van der Waals surface area contributed by atoms with Crippen LogP contribution in [-0.4, -0.2) is 78.9 Å². The van der Waals surface area contributed by atoms with Gasteiger partial charge >= 0.3 is 5.56 Å². The first-order chi connectivity index (χ1) is 16.3. The smallest absolute Gasteiger partial charge is 0.308 e. The zero-order chi connectivity index (χ0) is 22.5. The summed E-state index contributed by atoms with van der Waals surface area (Å²) in [7, 11) is 0. The average Bonchev–Trinajstić information content (AvgIpc) is 2.90. The summed E-state index contributed by atoms with van der Waals surface area (Å²) in [4.78, 5) is 22.6. The van der Waals surface area contributed by atoms with E-state index in [9.17, 15) is 4.79 Å². The fourth-order valence-corrected chi connectivity index (χ4v) is 4.37. The van der Waals surface area contributed by atoms with Gasteiger partial charge in [0, 0.05) is 31.1 Å². The van der Waals surface area contributed by atoms with Crippen LogP contribution in [0.3, 0.4) is 0 Å². The molecule has 5 rings (SSSR count). The molecule has 0 aliphatic carbocycles. The van der Waals surface area contributed by atoms with Crippen LogP contribution < -0.4 is 10.6 Å². The second-order valence-corrected chi connectivity index (χ2v) is 8.32. The third-order valence-electron chi connectivity index (χ3n) is 6.18. The second kappa shape index (κ2) is 10.2. The van der Waals surface area contributed by atoms with E-state index in [1.807, 2.05) is 53.5 Å². The van der Waals surface area contributed by atoms with Gasteiger partial charge in [-0.25, -0.2) is 4.98 Å². The van der Waals surface area contributed by atoms with Crippen molar-refractivity contribution in [3.8, 4) is 11.4 Å². The van der Waals surface area contributed by atoms with E-state index in [0.29, 0.717) is 57.6 Å². The van der Waals surface area contributed by atoms with Gasteiger partial charge < -0.3 is 9.47 Å². The summed E-state index contributed by atoms with van der Waals surface area (Å²) in [5.41, 5.74) is 2.32. The van der Waals surface area contributed by atoms with E-state index < -0.39 is 0 Å². The predicted molar refractivity (Wildman–Crippen MR) is 126 cm³/mol. The highest BCUT2D eigenvalue weighted by molar-refractivity contribution is 5.54. The molecule has 1 aromatic heterocycles. The van der Waals surface area contributed by atoms with E-state index >= 15 is 0 Å². The van der Waals surface area contributed by atoms with Crippen molar-refractivity contribution in [3.05, 3.63) is 82.3 Å². The van der Waals surface area contributed by atoms with Crippen LogP contribution in [0.4, 0.5) is 0 Å². The van der Waals surface area contributed by atoms with Crippen LogP contribution in [0.5, 0.6) is 0 Å². The summed E-state index contributed by atoms with van der Waals surface area (Å²) < 4.78 is 11.0. The third kappa shape index (κ3) is 4.98. The highest BCUT2D eigenvalue weighted by Crippen LogP contribution is 2.24. The van der Waals surface area contributed by atoms with Gasteiger partial charge in [0.25, 0.3) is 0 Å². The number of hydrogen-bond donors (Lipinski definition) is 0.